The van der Waals surface area contributed by atoms with Gasteiger partial charge in [-0.15, -0.1) is 0 Å². The Hall–Kier alpha value is -2.63. The van der Waals surface area contributed by atoms with Gasteiger partial charge in [0.05, 0.1) is 11.8 Å². The second-order valence-electron chi connectivity index (χ2n) is 4.00. The van der Waals surface area contributed by atoms with Crippen LogP contribution in [0.3, 0.4) is 0 Å². The maximum Gasteiger partial charge on any atom is 0.311 e. The van der Waals surface area contributed by atoms with Crippen LogP contribution in [0.15, 0.2) is 35.1 Å². The van der Waals surface area contributed by atoms with Crippen LogP contribution >= 0.6 is 0 Å². The predicted molar refractivity (Wildman–Crippen MR) is 67.0 cm³/mol. The molecule has 0 aliphatic rings. The molecule has 2 rings (SSSR count). The lowest BCUT2D eigenvalue weighted by atomic mass is 10.2. The summed E-state index contributed by atoms with van der Waals surface area (Å²) in [6.45, 7) is 1.88. The summed E-state index contributed by atoms with van der Waals surface area (Å²) in [5.74, 6) is -0.967. The maximum atomic E-state index is 12.0. The van der Waals surface area contributed by atoms with Gasteiger partial charge >= 0.3 is 5.97 Å². The van der Waals surface area contributed by atoms with Gasteiger partial charge in [-0.05, 0) is 30.7 Å². The molecule has 2 aromatic rings. The highest BCUT2D eigenvalue weighted by molar-refractivity contribution is 6.04. The third-order valence-electron chi connectivity index (χ3n) is 2.46. The van der Waals surface area contributed by atoms with E-state index in [0.717, 1.165) is 5.56 Å². The van der Waals surface area contributed by atoms with Crippen LogP contribution in [0.2, 0.25) is 0 Å². The number of carboxylic acids is 1. The first kappa shape index (κ1) is 12.8. The number of anilines is 1. The molecule has 0 aliphatic carbocycles. The maximum absolute atomic E-state index is 12.0. The monoisotopic (exact) mass is 260 g/mol. The van der Waals surface area contributed by atoms with E-state index in [9.17, 15) is 9.59 Å². The average molecular weight is 260 g/mol. The van der Waals surface area contributed by atoms with Crippen LogP contribution in [-0.4, -0.2) is 22.0 Å². The zero-order valence-electron chi connectivity index (χ0n) is 10.2. The van der Waals surface area contributed by atoms with Crippen LogP contribution in [-0.2, 0) is 11.2 Å². The molecule has 6 nitrogen and oxygen atoms in total. The SMILES string of the molecule is Cc1ccnc(NC(=O)c2ccoc2CC(=O)O)c1. The van der Waals surface area contributed by atoms with Crippen LogP contribution in [0, 0.1) is 6.92 Å². The lowest BCUT2D eigenvalue weighted by Crippen LogP contribution is -2.15. The van der Waals surface area contributed by atoms with Crippen molar-refractivity contribution in [3.63, 3.8) is 0 Å². The van der Waals surface area contributed by atoms with E-state index in [1.54, 1.807) is 12.3 Å². The largest absolute Gasteiger partial charge is 0.481 e. The lowest BCUT2D eigenvalue weighted by molar-refractivity contribution is -0.136. The molecule has 0 radical (unpaired) electrons. The van der Waals surface area contributed by atoms with Gasteiger partial charge in [0.25, 0.3) is 5.91 Å². The Morgan fingerprint density at radius 3 is 2.89 bits per heavy atom. The van der Waals surface area contributed by atoms with E-state index < -0.39 is 11.9 Å². The molecule has 0 aliphatic heterocycles. The van der Waals surface area contributed by atoms with Crippen LogP contribution in [0.1, 0.15) is 21.7 Å². The lowest BCUT2D eigenvalue weighted by Gasteiger charge is -2.04. The van der Waals surface area contributed by atoms with Gasteiger partial charge in [-0.2, -0.15) is 0 Å². The van der Waals surface area contributed by atoms with Gasteiger partial charge in [-0.3, -0.25) is 9.59 Å². The van der Waals surface area contributed by atoms with Crippen molar-refractivity contribution >= 4 is 17.7 Å². The number of furan rings is 1. The van der Waals surface area contributed by atoms with Crippen molar-refractivity contribution in [1.82, 2.24) is 4.98 Å². The Labute approximate surface area is 109 Å². The van der Waals surface area contributed by atoms with Crippen molar-refractivity contribution in [2.75, 3.05) is 5.32 Å². The molecule has 0 saturated carbocycles. The smallest absolute Gasteiger partial charge is 0.311 e. The number of carboxylic acid groups (broad SMARTS) is 1. The first-order chi connectivity index (χ1) is 9.06. The van der Waals surface area contributed by atoms with Crippen molar-refractivity contribution in [2.24, 2.45) is 0 Å². The minimum absolute atomic E-state index is 0.123. The fraction of sp³-hybridized carbons (Fsp3) is 0.154. The third kappa shape index (κ3) is 3.19. The molecule has 0 spiro atoms. The Morgan fingerprint density at radius 2 is 2.21 bits per heavy atom. The number of aryl methyl sites for hydroxylation is 1. The van der Waals surface area contributed by atoms with Gasteiger partial charge in [-0.25, -0.2) is 4.98 Å². The van der Waals surface area contributed by atoms with Gasteiger partial charge in [0.1, 0.15) is 18.0 Å². The Kier molecular flexibility index (Phi) is 3.61. The number of pyridine rings is 1. The van der Waals surface area contributed by atoms with Crippen LogP contribution in [0.5, 0.6) is 0 Å². The van der Waals surface area contributed by atoms with Crippen molar-refractivity contribution < 1.29 is 19.1 Å². The molecule has 2 N–H and O–H groups in total. The fourth-order valence-corrected chi connectivity index (χ4v) is 1.61. The van der Waals surface area contributed by atoms with E-state index in [0.29, 0.717) is 5.82 Å². The molecule has 2 heterocycles. The number of hydrogen-bond donors (Lipinski definition) is 2. The summed E-state index contributed by atoms with van der Waals surface area (Å²) in [6.07, 6.45) is 2.53. The first-order valence-electron chi connectivity index (χ1n) is 5.58. The number of carbonyl (C=O) groups excluding carboxylic acids is 1. The standard InChI is InChI=1S/C13H12N2O4/c1-8-2-4-14-11(6-8)15-13(18)9-3-5-19-10(9)7-12(16)17/h2-6H,7H2,1H3,(H,16,17)(H,14,15,18). The van der Waals surface area contributed by atoms with E-state index in [-0.39, 0.29) is 17.7 Å². The number of amides is 1. The van der Waals surface area contributed by atoms with Crippen LogP contribution < -0.4 is 5.32 Å². The van der Waals surface area contributed by atoms with Crippen molar-refractivity contribution in [2.45, 2.75) is 13.3 Å². The minimum atomic E-state index is -1.06. The molecule has 1 amide bonds. The molecule has 0 atom stereocenters. The van der Waals surface area contributed by atoms with Gasteiger partial charge in [0.15, 0.2) is 0 Å². The number of carbonyl (C=O) groups is 2. The quantitative estimate of drug-likeness (QED) is 0.875. The topological polar surface area (TPSA) is 92.4 Å². The number of aromatic nitrogens is 1. The number of rotatable bonds is 4. The second-order valence-corrected chi connectivity index (χ2v) is 4.00. The van der Waals surface area contributed by atoms with E-state index in [1.165, 1.54) is 12.3 Å². The number of nitrogens with one attached hydrogen (secondary N) is 1. The first-order valence-corrected chi connectivity index (χ1v) is 5.58. The summed E-state index contributed by atoms with van der Waals surface area (Å²) < 4.78 is 5.00. The summed E-state index contributed by atoms with van der Waals surface area (Å²) >= 11 is 0. The van der Waals surface area contributed by atoms with Crippen molar-refractivity contribution in [3.05, 3.63) is 47.5 Å². The molecule has 0 fully saturated rings. The molecular weight excluding hydrogens is 248 g/mol. The summed E-state index contributed by atoms with van der Waals surface area (Å²) in [5.41, 5.74) is 1.16. The van der Waals surface area contributed by atoms with Gasteiger partial charge in [-0.1, -0.05) is 0 Å². The molecule has 98 valence electrons. The summed E-state index contributed by atoms with van der Waals surface area (Å²) in [6, 6.07) is 4.96. The van der Waals surface area contributed by atoms with Crippen molar-refractivity contribution in [3.8, 4) is 0 Å². The van der Waals surface area contributed by atoms with Gasteiger partial charge in [0, 0.05) is 6.20 Å². The molecule has 0 bridgehead atoms. The molecule has 0 saturated heterocycles. The normalized spacial score (nSPS) is 10.2. The molecule has 0 aromatic carbocycles. The molecule has 2 aromatic heterocycles. The summed E-state index contributed by atoms with van der Waals surface area (Å²) in [4.78, 5) is 26.6. The van der Waals surface area contributed by atoms with E-state index >= 15 is 0 Å². The minimum Gasteiger partial charge on any atom is -0.481 e. The van der Waals surface area contributed by atoms with Gasteiger partial charge in [0.2, 0.25) is 0 Å². The second kappa shape index (κ2) is 5.34. The molecule has 6 heteroatoms. The van der Waals surface area contributed by atoms with E-state index in [1.807, 2.05) is 13.0 Å². The van der Waals surface area contributed by atoms with E-state index in [4.69, 9.17) is 9.52 Å². The van der Waals surface area contributed by atoms with Crippen LogP contribution in [0.4, 0.5) is 5.82 Å². The predicted octanol–water partition coefficient (Wildman–Crippen LogP) is 1.86. The molecular formula is C13H12N2O4. The molecule has 19 heavy (non-hydrogen) atoms. The van der Waals surface area contributed by atoms with Gasteiger partial charge < -0.3 is 14.8 Å². The Morgan fingerprint density at radius 1 is 1.42 bits per heavy atom. The highest BCUT2D eigenvalue weighted by atomic mass is 16.4. The highest BCUT2D eigenvalue weighted by Crippen LogP contribution is 2.14. The Balaban J connectivity index is 2.16. The number of nitrogens with zero attached hydrogens (tertiary/aromatic N) is 1. The summed E-state index contributed by atoms with van der Waals surface area (Å²) in [7, 11) is 0. The Bertz CT molecular complexity index is 619. The average Bonchev–Trinajstić information content (AvgIpc) is 2.76. The fourth-order valence-electron chi connectivity index (χ4n) is 1.61. The van der Waals surface area contributed by atoms with E-state index in [2.05, 4.69) is 10.3 Å². The van der Waals surface area contributed by atoms with Crippen molar-refractivity contribution in [1.29, 1.82) is 0 Å². The third-order valence-corrected chi connectivity index (χ3v) is 2.46. The zero-order valence-corrected chi connectivity index (χ0v) is 10.2. The molecule has 0 unspecified atom stereocenters. The van der Waals surface area contributed by atoms with Crippen LogP contribution in [0.25, 0.3) is 0 Å². The highest BCUT2D eigenvalue weighted by Gasteiger charge is 2.17. The number of aliphatic carboxylic acids is 1. The number of hydrogen-bond acceptors (Lipinski definition) is 4. The summed E-state index contributed by atoms with van der Waals surface area (Å²) in [5, 5.41) is 11.3. The zero-order chi connectivity index (χ0) is 13.8.